The van der Waals surface area contributed by atoms with Gasteiger partial charge in [-0.2, -0.15) is 0 Å². The average molecular weight is 282 g/mol. The van der Waals surface area contributed by atoms with E-state index in [-0.39, 0.29) is 12.3 Å². The minimum Gasteiger partial charge on any atom is -0.338 e. The lowest BCUT2D eigenvalue weighted by atomic mass is 10.0. The Bertz CT molecular complexity index is 611. The summed E-state index contributed by atoms with van der Waals surface area (Å²) in [6.45, 7) is 3.14. The van der Waals surface area contributed by atoms with Crippen molar-refractivity contribution in [1.82, 2.24) is 9.88 Å². The van der Waals surface area contributed by atoms with Gasteiger partial charge in [0.05, 0.1) is 6.42 Å². The van der Waals surface area contributed by atoms with Crippen molar-refractivity contribution in [2.24, 2.45) is 0 Å². The lowest BCUT2D eigenvalue weighted by Gasteiger charge is -2.21. The Hall–Kier alpha value is -2.49. The summed E-state index contributed by atoms with van der Waals surface area (Å²) in [7, 11) is 0. The number of nitrogens with zero attached hydrogens (tertiary/aromatic N) is 2. The van der Waals surface area contributed by atoms with Gasteiger partial charge in [0.2, 0.25) is 5.91 Å². The van der Waals surface area contributed by atoms with Crippen LogP contribution >= 0.6 is 0 Å². The van der Waals surface area contributed by atoms with Crippen LogP contribution in [0.15, 0.2) is 48.8 Å². The molecule has 0 bridgehead atoms. The summed E-state index contributed by atoms with van der Waals surface area (Å²) >= 11 is 0. The van der Waals surface area contributed by atoms with Crippen LogP contribution in [0.3, 0.4) is 0 Å². The molecular formula is C17H18N2O2. The van der Waals surface area contributed by atoms with E-state index in [4.69, 9.17) is 0 Å². The zero-order valence-corrected chi connectivity index (χ0v) is 12.0. The molecule has 0 radical (unpaired) electrons. The monoisotopic (exact) mass is 282 g/mol. The first-order chi connectivity index (χ1) is 10.2. The van der Waals surface area contributed by atoms with Crippen LogP contribution in [0.4, 0.5) is 0 Å². The van der Waals surface area contributed by atoms with Crippen molar-refractivity contribution in [3.63, 3.8) is 0 Å². The molecule has 1 heterocycles. The van der Waals surface area contributed by atoms with Crippen LogP contribution in [-0.4, -0.2) is 28.6 Å². The third kappa shape index (κ3) is 3.99. The Morgan fingerprint density at radius 3 is 2.57 bits per heavy atom. The normalized spacial score (nSPS) is 10.1. The molecule has 0 fully saturated rings. The Labute approximate surface area is 124 Å². The molecule has 0 saturated heterocycles. The van der Waals surface area contributed by atoms with Crippen LogP contribution < -0.4 is 0 Å². The number of hydrogen-bond acceptors (Lipinski definition) is 3. The summed E-state index contributed by atoms with van der Waals surface area (Å²) in [4.78, 5) is 29.2. The van der Waals surface area contributed by atoms with Crippen LogP contribution in [0.5, 0.6) is 0 Å². The molecule has 21 heavy (non-hydrogen) atoms. The van der Waals surface area contributed by atoms with Gasteiger partial charge in [-0.05, 0) is 30.2 Å². The van der Waals surface area contributed by atoms with Gasteiger partial charge in [0.15, 0.2) is 0 Å². The second kappa shape index (κ2) is 7.33. The molecule has 1 amide bonds. The summed E-state index contributed by atoms with van der Waals surface area (Å²) in [5.74, 6) is 0.0172. The van der Waals surface area contributed by atoms with Gasteiger partial charge < -0.3 is 4.90 Å². The third-order valence-electron chi connectivity index (χ3n) is 3.38. The molecule has 1 aromatic heterocycles. The molecular weight excluding hydrogens is 264 g/mol. The quantitative estimate of drug-likeness (QED) is 0.765. The molecule has 0 aliphatic rings. The third-order valence-corrected chi connectivity index (χ3v) is 3.38. The first-order valence-corrected chi connectivity index (χ1v) is 6.94. The highest BCUT2D eigenvalue weighted by Crippen LogP contribution is 2.11. The molecule has 0 saturated carbocycles. The summed E-state index contributed by atoms with van der Waals surface area (Å²) in [5, 5.41) is 0. The highest BCUT2D eigenvalue weighted by atomic mass is 16.2. The molecule has 0 aliphatic heterocycles. The molecule has 0 N–H and O–H groups in total. The maximum absolute atomic E-state index is 12.4. The predicted molar refractivity (Wildman–Crippen MR) is 80.9 cm³/mol. The van der Waals surface area contributed by atoms with Crippen molar-refractivity contribution in [3.05, 3.63) is 65.5 Å². The predicted octanol–water partition coefficient (Wildman–Crippen LogP) is 2.49. The SMILES string of the molecule is CCN(Cc1ccncc1)C(=O)Cc1ccccc1C=O. The van der Waals surface area contributed by atoms with Gasteiger partial charge in [0.25, 0.3) is 0 Å². The van der Waals surface area contributed by atoms with Crippen molar-refractivity contribution in [2.75, 3.05) is 6.54 Å². The highest BCUT2D eigenvalue weighted by Gasteiger charge is 2.14. The number of pyridine rings is 1. The van der Waals surface area contributed by atoms with Crippen LogP contribution in [0.2, 0.25) is 0 Å². The number of rotatable bonds is 6. The summed E-state index contributed by atoms with van der Waals surface area (Å²) in [5.41, 5.74) is 2.39. The summed E-state index contributed by atoms with van der Waals surface area (Å²) < 4.78 is 0. The van der Waals surface area contributed by atoms with Crippen molar-refractivity contribution < 1.29 is 9.59 Å². The molecule has 4 heteroatoms. The Morgan fingerprint density at radius 1 is 1.19 bits per heavy atom. The van der Waals surface area contributed by atoms with E-state index in [9.17, 15) is 9.59 Å². The van der Waals surface area contributed by atoms with E-state index in [1.165, 1.54) is 0 Å². The van der Waals surface area contributed by atoms with Crippen molar-refractivity contribution in [2.45, 2.75) is 19.9 Å². The zero-order chi connectivity index (χ0) is 15.1. The zero-order valence-electron chi connectivity index (χ0n) is 12.0. The Kier molecular flexibility index (Phi) is 5.21. The second-order valence-electron chi connectivity index (χ2n) is 4.76. The lowest BCUT2D eigenvalue weighted by molar-refractivity contribution is -0.130. The van der Waals surface area contributed by atoms with E-state index in [0.29, 0.717) is 18.7 Å². The maximum atomic E-state index is 12.4. The number of amides is 1. The number of likely N-dealkylation sites (N-methyl/N-ethyl adjacent to an activating group) is 1. The molecule has 0 aliphatic carbocycles. The Balaban J connectivity index is 2.08. The van der Waals surface area contributed by atoms with E-state index in [1.807, 2.05) is 31.2 Å². The number of benzene rings is 1. The second-order valence-corrected chi connectivity index (χ2v) is 4.76. The van der Waals surface area contributed by atoms with Gasteiger partial charge >= 0.3 is 0 Å². The van der Waals surface area contributed by atoms with Gasteiger partial charge in [-0.25, -0.2) is 0 Å². The van der Waals surface area contributed by atoms with E-state index < -0.39 is 0 Å². The number of aromatic nitrogens is 1. The van der Waals surface area contributed by atoms with Gasteiger partial charge in [0.1, 0.15) is 6.29 Å². The molecule has 2 rings (SSSR count). The summed E-state index contributed by atoms with van der Waals surface area (Å²) in [6.07, 6.45) is 4.47. The van der Waals surface area contributed by atoms with Crippen molar-refractivity contribution in [3.8, 4) is 0 Å². The minimum atomic E-state index is 0.0172. The molecule has 0 atom stereocenters. The number of carbonyl (C=O) groups is 2. The fourth-order valence-corrected chi connectivity index (χ4v) is 2.17. The molecule has 1 aromatic carbocycles. The lowest BCUT2D eigenvalue weighted by Crippen LogP contribution is -2.31. The smallest absolute Gasteiger partial charge is 0.227 e. The summed E-state index contributed by atoms with van der Waals surface area (Å²) in [6, 6.07) is 11.0. The van der Waals surface area contributed by atoms with E-state index >= 15 is 0 Å². The van der Waals surface area contributed by atoms with Gasteiger partial charge in [-0.3, -0.25) is 14.6 Å². The average Bonchev–Trinajstić information content (AvgIpc) is 2.54. The van der Waals surface area contributed by atoms with Crippen molar-refractivity contribution >= 4 is 12.2 Å². The highest BCUT2D eigenvalue weighted by molar-refractivity contribution is 5.84. The van der Waals surface area contributed by atoms with E-state index in [0.717, 1.165) is 17.4 Å². The van der Waals surface area contributed by atoms with E-state index in [2.05, 4.69) is 4.98 Å². The fraction of sp³-hybridized carbons (Fsp3) is 0.235. The molecule has 108 valence electrons. The number of carbonyl (C=O) groups excluding carboxylic acids is 2. The first kappa shape index (κ1) is 14.9. The minimum absolute atomic E-state index is 0.0172. The largest absolute Gasteiger partial charge is 0.338 e. The standard InChI is InChI=1S/C17H18N2O2/c1-2-19(12-14-7-9-18-10-8-14)17(21)11-15-5-3-4-6-16(15)13-20/h3-10,13H,2,11-12H2,1H3. The van der Waals surface area contributed by atoms with Gasteiger partial charge in [-0.15, -0.1) is 0 Å². The van der Waals surface area contributed by atoms with Gasteiger partial charge in [0, 0.05) is 31.0 Å². The number of aldehydes is 1. The van der Waals surface area contributed by atoms with Crippen LogP contribution in [0.25, 0.3) is 0 Å². The van der Waals surface area contributed by atoms with Crippen LogP contribution in [0.1, 0.15) is 28.4 Å². The maximum Gasteiger partial charge on any atom is 0.227 e. The number of hydrogen-bond donors (Lipinski definition) is 0. The first-order valence-electron chi connectivity index (χ1n) is 6.94. The molecule has 0 spiro atoms. The molecule has 4 nitrogen and oxygen atoms in total. The Morgan fingerprint density at radius 2 is 1.90 bits per heavy atom. The van der Waals surface area contributed by atoms with Crippen LogP contribution in [-0.2, 0) is 17.8 Å². The molecule has 0 unspecified atom stereocenters. The fourth-order valence-electron chi connectivity index (χ4n) is 2.17. The van der Waals surface area contributed by atoms with Crippen molar-refractivity contribution in [1.29, 1.82) is 0 Å². The van der Waals surface area contributed by atoms with Crippen LogP contribution in [0, 0.1) is 0 Å². The van der Waals surface area contributed by atoms with Gasteiger partial charge in [-0.1, -0.05) is 24.3 Å². The molecule has 2 aromatic rings. The van der Waals surface area contributed by atoms with E-state index in [1.54, 1.807) is 29.4 Å². The topological polar surface area (TPSA) is 50.3 Å².